The number of hydrogen-bond donors (Lipinski definition) is 0. The summed E-state index contributed by atoms with van der Waals surface area (Å²) in [5, 5.41) is 1.40. The van der Waals surface area contributed by atoms with Crippen LogP contribution in [0.2, 0.25) is 5.15 Å². The lowest BCUT2D eigenvalue weighted by molar-refractivity contribution is 0.508. The highest BCUT2D eigenvalue weighted by molar-refractivity contribution is 7.98. The minimum Gasteiger partial charge on any atom is -0.227 e. The molecule has 0 bridgehead atoms. The second kappa shape index (κ2) is 3.88. The standard InChI is InChI=1S/C12H15ClN2S/c1-6-3-7-8(4-6)11(7)9-5-10(13)15-12(14-9)16-2/h5-8,11H,3-4H2,1-2H3/t6?,7-,8+,11+. The molecule has 1 aromatic rings. The number of rotatable bonds is 2. The van der Waals surface area contributed by atoms with Gasteiger partial charge in [0.25, 0.3) is 0 Å². The number of aromatic nitrogens is 2. The molecule has 0 saturated heterocycles. The molecule has 2 saturated carbocycles. The van der Waals surface area contributed by atoms with E-state index >= 15 is 0 Å². The molecular weight excluding hydrogens is 240 g/mol. The van der Waals surface area contributed by atoms with Gasteiger partial charge in [0.1, 0.15) is 5.15 Å². The third-order valence-corrected chi connectivity index (χ3v) is 4.64. The van der Waals surface area contributed by atoms with E-state index in [0.29, 0.717) is 11.1 Å². The van der Waals surface area contributed by atoms with Crippen molar-refractivity contribution >= 4 is 23.4 Å². The first-order chi connectivity index (χ1) is 7.69. The molecule has 2 aliphatic rings. The zero-order valence-electron chi connectivity index (χ0n) is 9.48. The normalized spacial score (nSPS) is 36.2. The Morgan fingerprint density at radius 2 is 2.00 bits per heavy atom. The Labute approximate surface area is 105 Å². The van der Waals surface area contributed by atoms with Gasteiger partial charge in [-0.25, -0.2) is 9.97 Å². The molecule has 0 amide bonds. The van der Waals surface area contributed by atoms with Crippen LogP contribution in [0.1, 0.15) is 31.4 Å². The minimum absolute atomic E-state index is 0.590. The summed E-state index contributed by atoms with van der Waals surface area (Å²) in [4.78, 5) is 8.78. The summed E-state index contributed by atoms with van der Waals surface area (Å²) < 4.78 is 0. The highest BCUT2D eigenvalue weighted by atomic mass is 35.5. The first-order valence-electron chi connectivity index (χ1n) is 5.77. The van der Waals surface area contributed by atoms with E-state index < -0.39 is 0 Å². The Morgan fingerprint density at radius 1 is 1.31 bits per heavy atom. The zero-order chi connectivity index (χ0) is 11.3. The molecule has 2 nitrogen and oxygen atoms in total. The minimum atomic E-state index is 0.590. The highest BCUT2D eigenvalue weighted by Gasteiger charge is 2.56. The van der Waals surface area contributed by atoms with Gasteiger partial charge in [0.05, 0.1) is 5.69 Å². The lowest BCUT2D eigenvalue weighted by Crippen LogP contribution is -1.99. The average Bonchev–Trinajstić information content (AvgIpc) is 2.76. The average molecular weight is 255 g/mol. The summed E-state index contributed by atoms with van der Waals surface area (Å²) in [6.07, 6.45) is 4.72. The maximum atomic E-state index is 6.02. The van der Waals surface area contributed by atoms with Crippen LogP contribution in [0.3, 0.4) is 0 Å². The van der Waals surface area contributed by atoms with Crippen molar-refractivity contribution in [2.45, 2.75) is 30.8 Å². The van der Waals surface area contributed by atoms with Gasteiger partial charge in [-0.05, 0) is 42.9 Å². The quantitative estimate of drug-likeness (QED) is 0.458. The van der Waals surface area contributed by atoms with Gasteiger partial charge in [-0.15, -0.1) is 0 Å². The third kappa shape index (κ3) is 1.74. The van der Waals surface area contributed by atoms with Crippen molar-refractivity contribution in [3.05, 3.63) is 16.9 Å². The van der Waals surface area contributed by atoms with E-state index in [9.17, 15) is 0 Å². The first kappa shape index (κ1) is 10.8. The molecule has 0 radical (unpaired) electrons. The van der Waals surface area contributed by atoms with E-state index in [1.54, 1.807) is 11.8 Å². The van der Waals surface area contributed by atoms with Crippen molar-refractivity contribution < 1.29 is 0 Å². The van der Waals surface area contributed by atoms with Crippen LogP contribution in [0, 0.1) is 17.8 Å². The summed E-state index contributed by atoms with van der Waals surface area (Å²) in [5.74, 6) is 3.32. The predicted molar refractivity (Wildman–Crippen MR) is 66.9 cm³/mol. The maximum Gasteiger partial charge on any atom is 0.188 e. The molecule has 3 rings (SSSR count). The van der Waals surface area contributed by atoms with Crippen LogP contribution in [0.15, 0.2) is 11.2 Å². The predicted octanol–water partition coefficient (Wildman–Crippen LogP) is 3.61. The topological polar surface area (TPSA) is 25.8 Å². The van der Waals surface area contributed by atoms with Crippen LogP contribution in [0.5, 0.6) is 0 Å². The molecule has 0 aliphatic heterocycles. The Balaban J connectivity index is 1.84. The summed E-state index contributed by atoms with van der Waals surface area (Å²) in [6, 6.07) is 1.95. The van der Waals surface area contributed by atoms with Crippen molar-refractivity contribution in [2.75, 3.05) is 6.26 Å². The number of fused-ring (bicyclic) bond motifs is 1. The van der Waals surface area contributed by atoms with Crippen molar-refractivity contribution in [2.24, 2.45) is 17.8 Å². The van der Waals surface area contributed by atoms with Gasteiger partial charge in [0, 0.05) is 5.92 Å². The number of thioether (sulfide) groups is 1. The zero-order valence-corrected chi connectivity index (χ0v) is 11.1. The van der Waals surface area contributed by atoms with Gasteiger partial charge in [0.2, 0.25) is 0 Å². The second-order valence-electron chi connectivity index (χ2n) is 5.03. The van der Waals surface area contributed by atoms with Crippen LogP contribution in [0.25, 0.3) is 0 Å². The van der Waals surface area contributed by atoms with Crippen molar-refractivity contribution in [3.8, 4) is 0 Å². The molecule has 2 aliphatic carbocycles. The van der Waals surface area contributed by atoms with Gasteiger partial charge in [-0.1, -0.05) is 30.3 Å². The van der Waals surface area contributed by atoms with Crippen LogP contribution in [-0.4, -0.2) is 16.2 Å². The van der Waals surface area contributed by atoms with E-state index in [2.05, 4.69) is 16.9 Å². The number of halogens is 1. The Bertz CT molecular complexity index is 411. The van der Waals surface area contributed by atoms with Gasteiger partial charge in [-0.3, -0.25) is 0 Å². The summed E-state index contributed by atoms with van der Waals surface area (Å²) in [6.45, 7) is 2.35. The monoisotopic (exact) mass is 254 g/mol. The van der Waals surface area contributed by atoms with E-state index in [-0.39, 0.29) is 0 Å². The van der Waals surface area contributed by atoms with E-state index in [1.165, 1.54) is 18.5 Å². The van der Waals surface area contributed by atoms with Crippen LogP contribution in [0.4, 0.5) is 0 Å². The molecule has 16 heavy (non-hydrogen) atoms. The highest BCUT2D eigenvalue weighted by Crippen LogP contribution is 2.64. The van der Waals surface area contributed by atoms with Crippen LogP contribution in [-0.2, 0) is 0 Å². The van der Waals surface area contributed by atoms with Crippen molar-refractivity contribution in [3.63, 3.8) is 0 Å². The summed E-state index contributed by atoms with van der Waals surface area (Å²) in [5.41, 5.74) is 1.17. The largest absolute Gasteiger partial charge is 0.227 e. The van der Waals surface area contributed by atoms with Gasteiger partial charge >= 0.3 is 0 Å². The first-order valence-corrected chi connectivity index (χ1v) is 7.37. The fourth-order valence-corrected chi connectivity index (χ4v) is 3.86. The third-order valence-electron chi connectivity index (χ3n) is 3.90. The Kier molecular flexibility index (Phi) is 2.63. The molecule has 0 aromatic carbocycles. The smallest absolute Gasteiger partial charge is 0.188 e. The van der Waals surface area contributed by atoms with Gasteiger partial charge in [-0.2, -0.15) is 0 Å². The molecular formula is C12H15ClN2S. The van der Waals surface area contributed by atoms with E-state index in [0.717, 1.165) is 22.9 Å². The lowest BCUT2D eigenvalue weighted by Gasteiger charge is -2.08. The number of hydrogen-bond acceptors (Lipinski definition) is 3. The molecule has 1 unspecified atom stereocenters. The van der Waals surface area contributed by atoms with Gasteiger partial charge in [0.15, 0.2) is 5.16 Å². The fourth-order valence-electron chi connectivity index (χ4n) is 3.23. The number of nitrogens with zero attached hydrogens (tertiary/aromatic N) is 2. The summed E-state index contributed by atoms with van der Waals surface area (Å²) in [7, 11) is 0. The molecule has 0 N–H and O–H groups in total. The van der Waals surface area contributed by atoms with Crippen LogP contribution < -0.4 is 0 Å². The molecule has 4 heteroatoms. The second-order valence-corrected chi connectivity index (χ2v) is 6.19. The molecule has 1 aromatic heterocycles. The lowest BCUT2D eigenvalue weighted by atomic mass is 10.0. The van der Waals surface area contributed by atoms with E-state index in [1.807, 2.05) is 12.3 Å². The van der Waals surface area contributed by atoms with Crippen molar-refractivity contribution in [1.82, 2.24) is 9.97 Å². The van der Waals surface area contributed by atoms with Crippen molar-refractivity contribution in [1.29, 1.82) is 0 Å². The molecule has 1 heterocycles. The molecule has 2 fully saturated rings. The molecule has 4 atom stereocenters. The molecule has 0 spiro atoms. The molecule has 86 valence electrons. The van der Waals surface area contributed by atoms with Crippen LogP contribution >= 0.6 is 23.4 Å². The maximum absolute atomic E-state index is 6.02. The Morgan fingerprint density at radius 3 is 2.62 bits per heavy atom. The SMILES string of the molecule is CSc1nc(Cl)cc([C@H]2[C@@H]3CC(C)C[C@@H]32)n1. The van der Waals surface area contributed by atoms with E-state index in [4.69, 9.17) is 11.6 Å². The van der Waals surface area contributed by atoms with Gasteiger partial charge < -0.3 is 0 Å². The fraction of sp³-hybridized carbons (Fsp3) is 0.667. The Hall–Kier alpha value is -0.280. The summed E-state index contributed by atoms with van der Waals surface area (Å²) >= 11 is 7.59.